The van der Waals surface area contributed by atoms with Crippen LogP contribution in [0.3, 0.4) is 0 Å². The van der Waals surface area contributed by atoms with E-state index in [1.807, 2.05) is 0 Å². The number of nitrogens with zero attached hydrogens (tertiary/aromatic N) is 1. The smallest absolute Gasteiger partial charge is 0.366 e. The Morgan fingerprint density at radius 1 is 0.909 bits per heavy atom. The molecular formula is C18H20NO3+. The monoisotopic (exact) mass is 298 g/mol. The fourth-order valence-corrected chi connectivity index (χ4v) is 2.66. The molecule has 2 aromatic rings. The zero-order valence-corrected chi connectivity index (χ0v) is 12.5. The van der Waals surface area contributed by atoms with E-state index in [0.29, 0.717) is 6.42 Å². The lowest BCUT2D eigenvalue weighted by atomic mass is 9.72. The second kappa shape index (κ2) is 6.86. The Bertz CT molecular complexity index is 621. The molecule has 0 fully saturated rings. The third-order valence-corrected chi connectivity index (χ3v) is 3.87. The lowest BCUT2D eigenvalue weighted by molar-refractivity contribution is 0.454. The van der Waals surface area contributed by atoms with Gasteiger partial charge in [-0.25, -0.2) is 0 Å². The van der Waals surface area contributed by atoms with Crippen LogP contribution in [-0.2, 0) is 5.41 Å². The van der Waals surface area contributed by atoms with Crippen molar-refractivity contribution in [3.05, 3.63) is 64.7 Å². The summed E-state index contributed by atoms with van der Waals surface area (Å²) in [6.45, 7) is 2.09. The van der Waals surface area contributed by atoms with E-state index in [-0.39, 0.29) is 11.5 Å². The molecule has 0 spiro atoms. The normalized spacial score (nSPS) is 10.8. The zero-order valence-electron chi connectivity index (χ0n) is 12.5. The van der Waals surface area contributed by atoms with Crippen LogP contribution in [0.15, 0.2) is 48.5 Å². The minimum atomic E-state index is -0.716. The van der Waals surface area contributed by atoms with E-state index in [1.165, 1.54) is 0 Å². The van der Waals surface area contributed by atoms with Gasteiger partial charge in [-0.3, -0.25) is 0 Å². The van der Waals surface area contributed by atoms with Crippen LogP contribution in [0.2, 0.25) is 0 Å². The van der Waals surface area contributed by atoms with Gasteiger partial charge >= 0.3 is 6.07 Å². The maximum Gasteiger partial charge on any atom is 0.366 e. The molecule has 2 rings (SSSR count). The Labute approximate surface area is 130 Å². The summed E-state index contributed by atoms with van der Waals surface area (Å²) in [6.07, 6.45) is 2.62. The summed E-state index contributed by atoms with van der Waals surface area (Å²) in [5, 5.41) is 31.3. The summed E-state index contributed by atoms with van der Waals surface area (Å²) in [4.78, 5) is 0. The van der Waals surface area contributed by atoms with Gasteiger partial charge in [-0.1, -0.05) is 44.0 Å². The molecule has 4 heteroatoms. The second-order valence-corrected chi connectivity index (χ2v) is 5.31. The Morgan fingerprint density at radius 3 is 1.73 bits per heavy atom. The van der Waals surface area contributed by atoms with E-state index in [1.54, 1.807) is 48.5 Å². The molecule has 0 aliphatic carbocycles. The molecule has 0 bridgehead atoms. The summed E-state index contributed by atoms with van der Waals surface area (Å²) in [7, 11) is 0. The van der Waals surface area contributed by atoms with Gasteiger partial charge in [0.2, 0.25) is 5.01 Å². The fourth-order valence-electron chi connectivity index (χ4n) is 2.66. The Kier molecular flexibility index (Phi) is 4.90. The number of unbranched alkanes of at least 4 members (excludes halogenated alkanes) is 1. The molecule has 0 unspecified atom stereocenters. The second-order valence-electron chi connectivity index (χ2n) is 5.31. The van der Waals surface area contributed by atoms with Gasteiger partial charge in [-0.15, -0.1) is 0 Å². The molecule has 0 saturated carbocycles. The van der Waals surface area contributed by atoms with Crippen molar-refractivity contribution in [2.24, 2.45) is 0 Å². The molecule has 4 nitrogen and oxygen atoms in total. The third-order valence-electron chi connectivity index (χ3n) is 3.87. The highest BCUT2D eigenvalue weighted by Crippen LogP contribution is 2.38. The van der Waals surface area contributed by atoms with Crippen molar-refractivity contribution in [3.8, 4) is 17.6 Å². The third kappa shape index (κ3) is 3.15. The molecule has 0 atom stereocenters. The van der Waals surface area contributed by atoms with Crippen LogP contribution in [0, 0.1) is 6.07 Å². The summed E-state index contributed by atoms with van der Waals surface area (Å²) < 4.78 is 0. The highest BCUT2D eigenvalue weighted by Gasteiger charge is 2.39. The summed E-state index contributed by atoms with van der Waals surface area (Å²) in [5.74, 6) is 0.361. The lowest BCUT2D eigenvalue weighted by Gasteiger charge is -2.24. The number of phenolic OH excluding ortho intramolecular Hbond substituents is 2. The van der Waals surface area contributed by atoms with Crippen LogP contribution < -0.4 is 0 Å². The maximum absolute atomic E-state index is 9.51. The molecule has 114 valence electrons. The predicted molar refractivity (Wildman–Crippen MR) is 85.6 cm³/mol. The summed E-state index contributed by atoms with van der Waals surface area (Å²) in [5.41, 5.74) is 1.04. The van der Waals surface area contributed by atoms with E-state index < -0.39 is 5.41 Å². The molecule has 0 radical (unpaired) electrons. The van der Waals surface area contributed by atoms with Crippen molar-refractivity contribution in [3.63, 3.8) is 0 Å². The van der Waals surface area contributed by atoms with E-state index in [2.05, 4.69) is 18.0 Å². The number of aromatic hydroxyl groups is 2. The molecule has 0 amide bonds. The standard InChI is InChI=1S/C18H19NO3/c1-2-3-12-18(13-19-22,14-4-8-16(20)9-5-14)15-6-10-17(21)11-7-15/h4-11H,2-3,12H2,1H3,(H2-,20,21,22)/p+1. The van der Waals surface area contributed by atoms with Gasteiger partial charge in [-0.05, 0) is 41.8 Å². The van der Waals surface area contributed by atoms with Gasteiger partial charge in [0.05, 0.1) is 0 Å². The Balaban J connectivity index is 2.61. The van der Waals surface area contributed by atoms with Gasteiger partial charge in [0, 0.05) is 0 Å². The van der Waals surface area contributed by atoms with Crippen LogP contribution in [0.25, 0.3) is 5.01 Å². The van der Waals surface area contributed by atoms with Crippen LogP contribution in [0.4, 0.5) is 0 Å². The van der Waals surface area contributed by atoms with Crippen LogP contribution >= 0.6 is 0 Å². The molecular weight excluding hydrogens is 278 g/mol. The van der Waals surface area contributed by atoms with Gasteiger partial charge in [0.25, 0.3) is 0 Å². The van der Waals surface area contributed by atoms with Gasteiger partial charge < -0.3 is 10.2 Å². The molecule has 3 N–H and O–H groups in total. The molecule has 2 aromatic carbocycles. The van der Waals surface area contributed by atoms with Crippen molar-refractivity contribution in [1.29, 1.82) is 0 Å². The largest absolute Gasteiger partial charge is 0.508 e. The Hall–Kier alpha value is -2.67. The van der Waals surface area contributed by atoms with Crippen LogP contribution in [0.1, 0.15) is 37.3 Å². The highest BCUT2D eigenvalue weighted by molar-refractivity contribution is 5.49. The first-order valence-electron chi connectivity index (χ1n) is 7.32. The number of rotatable bonds is 5. The van der Waals surface area contributed by atoms with E-state index in [4.69, 9.17) is 5.21 Å². The van der Waals surface area contributed by atoms with Gasteiger partial charge in [0.15, 0.2) is 5.41 Å². The molecule has 0 aliphatic rings. The number of hydrogen-bond acceptors (Lipinski definition) is 3. The highest BCUT2D eigenvalue weighted by atomic mass is 16.4. The van der Waals surface area contributed by atoms with Crippen molar-refractivity contribution < 1.29 is 15.4 Å². The number of phenols is 2. The van der Waals surface area contributed by atoms with Crippen molar-refractivity contribution in [1.82, 2.24) is 0 Å². The predicted octanol–water partition coefficient (Wildman–Crippen LogP) is 4.30. The molecule has 22 heavy (non-hydrogen) atoms. The van der Waals surface area contributed by atoms with E-state index in [9.17, 15) is 10.2 Å². The molecule has 0 heterocycles. The minimum Gasteiger partial charge on any atom is -0.508 e. The number of hydrogen-bond donors (Lipinski definition) is 3. The Morgan fingerprint density at radius 2 is 1.36 bits per heavy atom. The van der Waals surface area contributed by atoms with Crippen molar-refractivity contribution >= 4 is 0 Å². The average Bonchev–Trinajstić information content (AvgIpc) is 2.53. The topological polar surface area (TPSA) is 65.0 Å². The molecule has 0 aromatic heterocycles. The molecule has 0 aliphatic heterocycles. The first-order valence-corrected chi connectivity index (χ1v) is 7.32. The lowest BCUT2D eigenvalue weighted by Crippen LogP contribution is -2.25. The first-order chi connectivity index (χ1) is 10.6. The van der Waals surface area contributed by atoms with E-state index in [0.717, 1.165) is 24.0 Å². The maximum atomic E-state index is 9.51. The SMILES string of the molecule is CCCCC(C#[N+]O)(c1ccc(O)cc1)c1ccc(O)cc1. The minimum absolute atomic E-state index is 0.180. The molecule has 0 saturated heterocycles. The first kappa shape index (κ1) is 15.7. The van der Waals surface area contributed by atoms with Gasteiger partial charge in [0.1, 0.15) is 11.5 Å². The summed E-state index contributed by atoms with van der Waals surface area (Å²) in [6, 6.07) is 16.5. The average molecular weight is 298 g/mol. The quantitative estimate of drug-likeness (QED) is 0.721. The van der Waals surface area contributed by atoms with Crippen LogP contribution in [0.5, 0.6) is 11.5 Å². The van der Waals surface area contributed by atoms with Gasteiger partial charge in [-0.2, -0.15) is 5.21 Å². The fraction of sp³-hybridized carbons (Fsp3) is 0.278. The van der Waals surface area contributed by atoms with Crippen molar-refractivity contribution in [2.75, 3.05) is 0 Å². The summed E-state index contributed by atoms with van der Waals surface area (Å²) >= 11 is 0. The van der Waals surface area contributed by atoms with Crippen molar-refractivity contribution in [2.45, 2.75) is 31.6 Å². The number of benzene rings is 2. The zero-order chi connectivity index (χ0) is 16.0. The van der Waals surface area contributed by atoms with Crippen LogP contribution in [-0.4, -0.2) is 15.4 Å². The van der Waals surface area contributed by atoms with E-state index >= 15 is 0 Å².